The molecule has 0 aromatic heterocycles. The molecule has 0 radical (unpaired) electrons. The van der Waals surface area contributed by atoms with Crippen LogP contribution < -0.4 is 0 Å². The Bertz CT molecular complexity index is 556. The molecule has 0 N–H and O–H groups in total. The molecule has 1 aliphatic heterocycles. The van der Waals surface area contributed by atoms with Crippen LogP contribution in [0.15, 0.2) is 11.9 Å². The van der Waals surface area contributed by atoms with Gasteiger partial charge in [0.05, 0.1) is 25.7 Å². The Kier molecular flexibility index (Phi) is 8.85. The van der Waals surface area contributed by atoms with Gasteiger partial charge in [-0.15, -0.1) is 0 Å². The number of rotatable bonds is 7. The zero-order valence-corrected chi connectivity index (χ0v) is 19.6. The summed E-state index contributed by atoms with van der Waals surface area (Å²) in [5.74, 6) is 3.20. The van der Waals surface area contributed by atoms with Crippen LogP contribution in [-0.2, 0) is 9.47 Å². The van der Waals surface area contributed by atoms with Gasteiger partial charge in [0.15, 0.2) is 6.29 Å². The Balaban J connectivity index is 1.21. The second-order valence-electron chi connectivity index (χ2n) is 11.1. The van der Waals surface area contributed by atoms with Crippen molar-refractivity contribution in [3.8, 4) is 0 Å². The van der Waals surface area contributed by atoms with Gasteiger partial charge in [0, 0.05) is 17.8 Å². The lowest BCUT2D eigenvalue weighted by Gasteiger charge is -2.41. The number of ether oxygens (including phenoxy) is 2. The second kappa shape index (κ2) is 11.6. The van der Waals surface area contributed by atoms with Gasteiger partial charge in [0.2, 0.25) is 0 Å². The summed E-state index contributed by atoms with van der Waals surface area (Å²) in [5.41, 5.74) is 0. The monoisotopic (exact) mass is 438 g/mol. The molecule has 2 nitrogen and oxygen atoms in total. The van der Waals surface area contributed by atoms with Gasteiger partial charge in [-0.25, -0.2) is 4.39 Å². The SMILES string of the molecule is CCCCC1COC(C2C=C(F)C(C3CCC(C4CCC(CF)CC4)CC3)CC2)OC1. The van der Waals surface area contributed by atoms with Gasteiger partial charge in [0.1, 0.15) is 0 Å². The zero-order chi connectivity index (χ0) is 21.6. The van der Waals surface area contributed by atoms with Crippen molar-refractivity contribution in [1.82, 2.24) is 0 Å². The summed E-state index contributed by atoms with van der Waals surface area (Å²) in [4.78, 5) is 0. The van der Waals surface area contributed by atoms with E-state index in [2.05, 4.69) is 6.92 Å². The molecule has 3 fully saturated rings. The van der Waals surface area contributed by atoms with Gasteiger partial charge < -0.3 is 9.47 Å². The highest BCUT2D eigenvalue weighted by Crippen LogP contribution is 2.47. The molecule has 178 valence electrons. The topological polar surface area (TPSA) is 18.5 Å². The van der Waals surface area contributed by atoms with E-state index in [0.29, 0.717) is 17.8 Å². The Morgan fingerprint density at radius 2 is 1.42 bits per heavy atom. The molecule has 0 bridgehead atoms. The summed E-state index contributed by atoms with van der Waals surface area (Å²) < 4.78 is 40.0. The first kappa shape index (κ1) is 23.7. The summed E-state index contributed by atoms with van der Waals surface area (Å²) in [7, 11) is 0. The third-order valence-electron chi connectivity index (χ3n) is 9.01. The van der Waals surface area contributed by atoms with Crippen molar-refractivity contribution in [3.05, 3.63) is 11.9 Å². The van der Waals surface area contributed by atoms with Crippen molar-refractivity contribution < 1.29 is 18.3 Å². The van der Waals surface area contributed by atoms with Gasteiger partial charge in [-0.1, -0.05) is 19.8 Å². The Labute approximate surface area is 188 Å². The molecule has 0 aromatic carbocycles. The molecule has 31 heavy (non-hydrogen) atoms. The van der Waals surface area contributed by atoms with Crippen molar-refractivity contribution >= 4 is 0 Å². The minimum atomic E-state index is -0.250. The van der Waals surface area contributed by atoms with E-state index in [4.69, 9.17) is 9.47 Å². The van der Waals surface area contributed by atoms with Crippen LogP contribution in [0.3, 0.4) is 0 Å². The minimum Gasteiger partial charge on any atom is -0.352 e. The lowest BCUT2D eigenvalue weighted by molar-refractivity contribution is -0.220. The fourth-order valence-corrected chi connectivity index (χ4v) is 6.89. The maximum absolute atomic E-state index is 15.1. The van der Waals surface area contributed by atoms with Crippen molar-refractivity contribution in [1.29, 1.82) is 0 Å². The summed E-state index contributed by atoms with van der Waals surface area (Å²) in [5, 5.41) is 0. The highest BCUT2D eigenvalue weighted by Gasteiger charge is 2.38. The van der Waals surface area contributed by atoms with Crippen LogP contribution in [0.25, 0.3) is 0 Å². The minimum absolute atomic E-state index is 0.0744. The van der Waals surface area contributed by atoms with Crippen LogP contribution in [0.2, 0.25) is 0 Å². The lowest BCUT2D eigenvalue weighted by atomic mass is 9.66. The highest BCUT2D eigenvalue weighted by molar-refractivity contribution is 5.08. The predicted molar refractivity (Wildman–Crippen MR) is 121 cm³/mol. The summed E-state index contributed by atoms with van der Waals surface area (Å²) in [6, 6.07) is 0. The third-order valence-corrected chi connectivity index (χ3v) is 9.01. The van der Waals surface area contributed by atoms with Crippen molar-refractivity contribution in [3.63, 3.8) is 0 Å². The van der Waals surface area contributed by atoms with E-state index < -0.39 is 0 Å². The summed E-state index contributed by atoms with van der Waals surface area (Å²) in [6.07, 6.45) is 16.5. The second-order valence-corrected chi connectivity index (χ2v) is 11.1. The molecule has 2 saturated carbocycles. The lowest BCUT2D eigenvalue weighted by Crippen LogP contribution is -2.38. The quantitative estimate of drug-likeness (QED) is 0.407. The Morgan fingerprint density at radius 1 is 0.806 bits per heavy atom. The smallest absolute Gasteiger partial charge is 0.163 e. The number of halogens is 2. The molecule has 2 atom stereocenters. The fourth-order valence-electron chi connectivity index (χ4n) is 6.89. The molecule has 4 rings (SSSR count). The zero-order valence-electron chi connectivity index (χ0n) is 19.6. The number of unbranched alkanes of at least 4 members (excludes halogenated alkanes) is 1. The molecule has 2 unspecified atom stereocenters. The molecule has 3 aliphatic carbocycles. The largest absolute Gasteiger partial charge is 0.352 e. The summed E-state index contributed by atoms with van der Waals surface area (Å²) in [6.45, 7) is 3.60. The van der Waals surface area contributed by atoms with Gasteiger partial charge in [0.25, 0.3) is 0 Å². The fraction of sp³-hybridized carbons (Fsp3) is 0.926. The maximum atomic E-state index is 15.1. The average molecular weight is 439 g/mol. The van der Waals surface area contributed by atoms with E-state index in [9.17, 15) is 4.39 Å². The van der Waals surface area contributed by atoms with Crippen LogP contribution >= 0.6 is 0 Å². The molecular formula is C27H44F2O2. The molecule has 0 amide bonds. The number of hydrogen-bond acceptors (Lipinski definition) is 2. The molecule has 4 heteroatoms. The van der Waals surface area contributed by atoms with Crippen LogP contribution in [-0.4, -0.2) is 26.2 Å². The number of alkyl halides is 1. The van der Waals surface area contributed by atoms with Gasteiger partial charge in [-0.2, -0.15) is 0 Å². The van der Waals surface area contributed by atoms with Crippen molar-refractivity contribution in [2.75, 3.05) is 19.9 Å². The first-order valence-corrected chi connectivity index (χ1v) is 13.3. The van der Waals surface area contributed by atoms with Crippen LogP contribution in [0.1, 0.15) is 90.4 Å². The van der Waals surface area contributed by atoms with E-state index >= 15 is 4.39 Å². The predicted octanol–water partition coefficient (Wildman–Crippen LogP) is 7.63. The number of hydrogen-bond donors (Lipinski definition) is 0. The molecular weight excluding hydrogens is 394 g/mol. The maximum Gasteiger partial charge on any atom is 0.163 e. The van der Waals surface area contributed by atoms with Crippen molar-refractivity contribution in [2.24, 2.45) is 41.4 Å². The van der Waals surface area contributed by atoms with Crippen molar-refractivity contribution in [2.45, 2.75) is 96.7 Å². The summed E-state index contributed by atoms with van der Waals surface area (Å²) >= 11 is 0. The van der Waals surface area contributed by atoms with Crippen LogP contribution in [0.4, 0.5) is 8.78 Å². The van der Waals surface area contributed by atoms with E-state index in [1.165, 1.54) is 57.8 Å². The Morgan fingerprint density at radius 3 is 2.00 bits per heavy atom. The van der Waals surface area contributed by atoms with Crippen LogP contribution in [0.5, 0.6) is 0 Å². The molecule has 4 aliphatic rings. The van der Waals surface area contributed by atoms with Gasteiger partial charge >= 0.3 is 0 Å². The normalized spacial score (nSPS) is 42.2. The third kappa shape index (κ3) is 6.10. The van der Waals surface area contributed by atoms with Gasteiger partial charge in [-0.3, -0.25) is 4.39 Å². The first-order chi connectivity index (χ1) is 15.2. The molecule has 1 heterocycles. The van der Waals surface area contributed by atoms with E-state index in [1.807, 2.05) is 6.08 Å². The molecule has 0 aromatic rings. The average Bonchev–Trinajstić information content (AvgIpc) is 2.83. The van der Waals surface area contributed by atoms with E-state index in [-0.39, 0.29) is 30.6 Å². The Hall–Kier alpha value is -0.480. The highest BCUT2D eigenvalue weighted by atomic mass is 19.1. The van der Waals surface area contributed by atoms with E-state index in [1.54, 1.807) is 0 Å². The molecule has 0 spiro atoms. The molecule has 1 saturated heterocycles. The first-order valence-electron chi connectivity index (χ1n) is 13.3. The standard InChI is InChI=1S/C27H44F2O2/c1-2-3-4-20-17-30-27(31-18-20)24-13-14-25(26(29)15-24)23-11-9-22(10-12-23)21-7-5-19(16-28)6-8-21/h15,19-25,27H,2-14,16-18H2,1H3. The van der Waals surface area contributed by atoms with Gasteiger partial charge in [-0.05, 0) is 100 Å². The van der Waals surface area contributed by atoms with Crippen LogP contribution in [0, 0.1) is 41.4 Å². The van der Waals surface area contributed by atoms with E-state index in [0.717, 1.165) is 50.7 Å². The number of allylic oxidation sites excluding steroid dienone is 1.